The summed E-state index contributed by atoms with van der Waals surface area (Å²) in [6.07, 6.45) is 0. The van der Waals surface area contributed by atoms with Gasteiger partial charge in [0.2, 0.25) is 0 Å². The van der Waals surface area contributed by atoms with Gasteiger partial charge in [0.25, 0.3) is 0 Å². The first-order valence-corrected chi connectivity index (χ1v) is 10.8. The Hall–Kier alpha value is -3.32. The minimum absolute atomic E-state index is 0.153. The summed E-state index contributed by atoms with van der Waals surface area (Å²) >= 11 is 0. The van der Waals surface area contributed by atoms with Crippen LogP contribution in [0.25, 0.3) is 32.9 Å². The van der Waals surface area contributed by atoms with Gasteiger partial charge in [-0.1, -0.05) is 72.8 Å². The maximum absolute atomic E-state index is 2.50. The van der Waals surface area contributed by atoms with Gasteiger partial charge in [-0.2, -0.15) is 0 Å². The molecule has 0 spiro atoms. The Balaban J connectivity index is 1.79. The smallest absolute Gasteiger partial charge is 0.0497 e. The summed E-state index contributed by atoms with van der Waals surface area (Å²) in [6, 6.07) is 34.0. The van der Waals surface area contributed by atoms with Crippen LogP contribution in [0.4, 0.5) is 0 Å². The van der Waals surface area contributed by atoms with Gasteiger partial charge in [0.1, 0.15) is 0 Å². The SMILES string of the molecule is CC(C)n1c2ccccc2c2cc3c(cc21)C(C)(c1ccccc1)c1ccccc1-3. The Kier molecular flexibility index (Phi) is 3.56. The largest absolute Gasteiger partial charge is 0.338 e. The van der Waals surface area contributed by atoms with Gasteiger partial charge in [-0.25, -0.2) is 0 Å². The summed E-state index contributed by atoms with van der Waals surface area (Å²) in [6.45, 7) is 6.95. The summed E-state index contributed by atoms with van der Waals surface area (Å²) in [5.41, 5.74) is 9.40. The molecule has 0 bridgehead atoms. The zero-order valence-corrected chi connectivity index (χ0v) is 17.7. The fourth-order valence-corrected chi connectivity index (χ4v) is 5.62. The average molecular weight is 388 g/mol. The molecule has 1 atom stereocenters. The molecule has 1 unspecified atom stereocenters. The molecule has 30 heavy (non-hydrogen) atoms. The summed E-state index contributed by atoms with van der Waals surface area (Å²) in [5, 5.41) is 2.69. The van der Waals surface area contributed by atoms with Crippen LogP contribution in [0.5, 0.6) is 0 Å². The van der Waals surface area contributed by atoms with Gasteiger partial charge in [-0.15, -0.1) is 0 Å². The van der Waals surface area contributed by atoms with Crippen molar-refractivity contribution < 1.29 is 0 Å². The van der Waals surface area contributed by atoms with E-state index in [1.165, 1.54) is 49.6 Å². The molecule has 0 radical (unpaired) electrons. The van der Waals surface area contributed by atoms with Gasteiger partial charge in [-0.3, -0.25) is 0 Å². The summed E-state index contributed by atoms with van der Waals surface area (Å²) in [5.74, 6) is 0. The number of rotatable bonds is 2. The number of nitrogens with zero attached hydrogens (tertiary/aromatic N) is 1. The van der Waals surface area contributed by atoms with Crippen molar-refractivity contribution in [2.75, 3.05) is 0 Å². The highest BCUT2D eigenvalue weighted by atomic mass is 15.0. The van der Waals surface area contributed by atoms with Crippen LogP contribution in [0.15, 0.2) is 91.0 Å². The number of aromatic nitrogens is 1. The number of hydrogen-bond acceptors (Lipinski definition) is 0. The zero-order chi connectivity index (χ0) is 20.5. The molecule has 1 heterocycles. The highest BCUT2D eigenvalue weighted by Gasteiger charge is 2.41. The van der Waals surface area contributed by atoms with Crippen LogP contribution in [0.2, 0.25) is 0 Å². The number of fused-ring (bicyclic) bond motifs is 6. The predicted molar refractivity (Wildman–Crippen MR) is 127 cm³/mol. The third kappa shape index (κ3) is 2.13. The summed E-state index contributed by atoms with van der Waals surface area (Å²) < 4.78 is 2.50. The Morgan fingerprint density at radius 3 is 2.13 bits per heavy atom. The van der Waals surface area contributed by atoms with Crippen LogP contribution in [-0.4, -0.2) is 4.57 Å². The minimum atomic E-state index is -0.153. The first-order chi connectivity index (χ1) is 14.6. The molecule has 0 saturated heterocycles. The number of para-hydroxylation sites is 1. The van der Waals surface area contributed by atoms with E-state index in [2.05, 4.69) is 116 Å². The first-order valence-electron chi connectivity index (χ1n) is 10.8. The van der Waals surface area contributed by atoms with E-state index in [1.807, 2.05) is 0 Å². The van der Waals surface area contributed by atoms with Crippen molar-refractivity contribution in [3.05, 3.63) is 108 Å². The normalized spacial score (nSPS) is 17.6. The molecule has 146 valence electrons. The van der Waals surface area contributed by atoms with E-state index in [4.69, 9.17) is 0 Å². The second kappa shape index (κ2) is 6.09. The van der Waals surface area contributed by atoms with Crippen LogP contribution in [-0.2, 0) is 5.41 Å². The zero-order valence-electron chi connectivity index (χ0n) is 17.7. The molecule has 4 aromatic carbocycles. The minimum Gasteiger partial charge on any atom is -0.338 e. The first kappa shape index (κ1) is 17.5. The van der Waals surface area contributed by atoms with E-state index >= 15 is 0 Å². The molecule has 0 fully saturated rings. The quantitative estimate of drug-likeness (QED) is 0.292. The molecule has 1 heteroatoms. The molecule has 1 aliphatic carbocycles. The summed E-state index contributed by atoms with van der Waals surface area (Å²) in [7, 11) is 0. The molecule has 1 aliphatic rings. The summed E-state index contributed by atoms with van der Waals surface area (Å²) in [4.78, 5) is 0. The highest BCUT2D eigenvalue weighted by molar-refractivity contribution is 6.10. The van der Waals surface area contributed by atoms with E-state index in [-0.39, 0.29) is 5.41 Å². The number of benzene rings is 4. The molecule has 1 nitrogen and oxygen atoms in total. The molecule has 0 N–H and O–H groups in total. The van der Waals surface area contributed by atoms with E-state index < -0.39 is 0 Å². The third-order valence-corrected chi connectivity index (χ3v) is 7.01. The Morgan fingerprint density at radius 2 is 1.33 bits per heavy atom. The molecule has 0 aliphatic heterocycles. The molecule has 0 amide bonds. The van der Waals surface area contributed by atoms with Crippen LogP contribution < -0.4 is 0 Å². The van der Waals surface area contributed by atoms with Gasteiger partial charge < -0.3 is 4.57 Å². The maximum atomic E-state index is 2.50. The van der Waals surface area contributed by atoms with E-state index in [1.54, 1.807) is 0 Å². The van der Waals surface area contributed by atoms with Crippen molar-refractivity contribution in [1.29, 1.82) is 0 Å². The topological polar surface area (TPSA) is 4.93 Å². The third-order valence-electron chi connectivity index (χ3n) is 7.01. The molecule has 1 aromatic heterocycles. The Bertz CT molecular complexity index is 1420. The standard InChI is InChI=1S/C29H25N/c1-19(2)30-27-16-10-8-14-22(27)24-17-23-21-13-7-9-15-25(21)29(3,26(23)18-28(24)30)20-11-5-4-6-12-20/h4-19H,1-3H3. The van der Waals surface area contributed by atoms with Crippen LogP contribution in [0.3, 0.4) is 0 Å². The lowest BCUT2D eigenvalue weighted by molar-refractivity contribution is 0.641. The van der Waals surface area contributed by atoms with Crippen molar-refractivity contribution >= 4 is 21.8 Å². The lowest BCUT2D eigenvalue weighted by Gasteiger charge is -2.28. The van der Waals surface area contributed by atoms with Gasteiger partial charge in [0.15, 0.2) is 0 Å². The van der Waals surface area contributed by atoms with E-state index in [0.717, 1.165) is 0 Å². The predicted octanol–water partition coefficient (Wildman–Crippen LogP) is 7.71. The second-order valence-electron chi connectivity index (χ2n) is 8.93. The number of hydrogen-bond donors (Lipinski definition) is 0. The molecule has 6 rings (SSSR count). The Labute approximate surface area is 177 Å². The Morgan fingerprint density at radius 1 is 0.633 bits per heavy atom. The highest BCUT2D eigenvalue weighted by Crippen LogP contribution is 2.53. The molecule has 5 aromatic rings. The average Bonchev–Trinajstić information content (AvgIpc) is 3.24. The van der Waals surface area contributed by atoms with Gasteiger partial charge in [-0.05, 0) is 66.8 Å². The lowest BCUT2D eigenvalue weighted by Crippen LogP contribution is -2.22. The van der Waals surface area contributed by atoms with Gasteiger partial charge in [0, 0.05) is 33.3 Å². The van der Waals surface area contributed by atoms with E-state index in [9.17, 15) is 0 Å². The van der Waals surface area contributed by atoms with Crippen molar-refractivity contribution in [3.63, 3.8) is 0 Å². The van der Waals surface area contributed by atoms with E-state index in [0.29, 0.717) is 6.04 Å². The van der Waals surface area contributed by atoms with Gasteiger partial charge in [0.05, 0.1) is 0 Å². The second-order valence-corrected chi connectivity index (χ2v) is 8.93. The van der Waals surface area contributed by atoms with Crippen LogP contribution in [0, 0.1) is 0 Å². The molecular weight excluding hydrogens is 362 g/mol. The maximum Gasteiger partial charge on any atom is 0.0497 e. The fourth-order valence-electron chi connectivity index (χ4n) is 5.62. The van der Waals surface area contributed by atoms with Crippen molar-refractivity contribution in [2.45, 2.75) is 32.2 Å². The van der Waals surface area contributed by atoms with Crippen LogP contribution in [0.1, 0.15) is 43.5 Å². The lowest BCUT2D eigenvalue weighted by atomic mass is 9.74. The van der Waals surface area contributed by atoms with Crippen molar-refractivity contribution in [2.24, 2.45) is 0 Å². The van der Waals surface area contributed by atoms with Gasteiger partial charge >= 0.3 is 0 Å². The molecule has 0 saturated carbocycles. The fraction of sp³-hybridized carbons (Fsp3) is 0.172. The molecular formula is C29H25N. The monoisotopic (exact) mass is 387 g/mol. The van der Waals surface area contributed by atoms with Crippen molar-refractivity contribution in [3.8, 4) is 11.1 Å². The van der Waals surface area contributed by atoms with Crippen LogP contribution >= 0.6 is 0 Å². The van der Waals surface area contributed by atoms with Crippen molar-refractivity contribution in [1.82, 2.24) is 4.57 Å².